The zero-order chi connectivity index (χ0) is 15.9. The molecule has 1 fully saturated rings. The Morgan fingerprint density at radius 3 is 2.77 bits per heavy atom. The normalized spacial score (nSPS) is 17.5. The van der Waals surface area contributed by atoms with E-state index in [0.717, 1.165) is 12.0 Å². The molecule has 6 nitrogen and oxygen atoms in total. The average Bonchev–Trinajstić information content (AvgIpc) is 2.55. The van der Waals surface area contributed by atoms with Gasteiger partial charge in [0.25, 0.3) is 0 Å². The van der Waals surface area contributed by atoms with Crippen molar-refractivity contribution in [2.45, 2.75) is 19.3 Å². The molecule has 0 unspecified atom stereocenters. The Labute approximate surface area is 130 Å². The van der Waals surface area contributed by atoms with Crippen LogP contribution >= 0.6 is 0 Å². The molecule has 0 aromatic heterocycles. The molecule has 0 aliphatic carbocycles. The average molecular weight is 306 g/mol. The van der Waals surface area contributed by atoms with Crippen LogP contribution in [0.2, 0.25) is 0 Å². The zero-order valence-corrected chi connectivity index (χ0v) is 13.0. The number of amides is 2. The number of rotatable bonds is 6. The number of carbonyl (C=O) groups excluding carboxylic acids is 2. The van der Waals surface area contributed by atoms with Crippen molar-refractivity contribution >= 4 is 11.8 Å². The number of hydrogen-bond donors (Lipinski definition) is 2. The molecule has 1 aliphatic rings. The number of piperidine rings is 1. The molecule has 1 aromatic rings. The number of carbonyl (C=O) groups is 2. The van der Waals surface area contributed by atoms with E-state index in [0.29, 0.717) is 37.4 Å². The highest BCUT2D eigenvalue weighted by Gasteiger charge is 2.28. The lowest BCUT2D eigenvalue weighted by Gasteiger charge is -2.21. The molecule has 120 valence electrons. The van der Waals surface area contributed by atoms with Gasteiger partial charge in [-0.1, -0.05) is 6.07 Å². The van der Waals surface area contributed by atoms with Crippen LogP contribution in [0, 0.1) is 5.92 Å². The summed E-state index contributed by atoms with van der Waals surface area (Å²) in [5.41, 5.74) is 1.03. The maximum Gasteiger partial charge on any atom is 0.232 e. The van der Waals surface area contributed by atoms with Crippen molar-refractivity contribution in [1.82, 2.24) is 10.6 Å². The number of methoxy groups -OCH3 is 2. The summed E-state index contributed by atoms with van der Waals surface area (Å²) in [6.07, 6.45) is 2.13. The van der Waals surface area contributed by atoms with Crippen LogP contribution in [0.3, 0.4) is 0 Å². The third kappa shape index (κ3) is 3.90. The van der Waals surface area contributed by atoms with E-state index in [9.17, 15) is 9.59 Å². The maximum absolute atomic E-state index is 12.0. The summed E-state index contributed by atoms with van der Waals surface area (Å²) in [5, 5.41) is 5.54. The van der Waals surface area contributed by atoms with Gasteiger partial charge in [0.05, 0.1) is 14.2 Å². The van der Waals surface area contributed by atoms with Gasteiger partial charge < -0.3 is 20.1 Å². The first-order valence-corrected chi connectivity index (χ1v) is 7.42. The molecule has 1 heterocycles. The van der Waals surface area contributed by atoms with Crippen LogP contribution in [-0.2, 0) is 16.0 Å². The molecule has 22 heavy (non-hydrogen) atoms. The van der Waals surface area contributed by atoms with Crippen LogP contribution in [0.5, 0.6) is 11.5 Å². The Hall–Kier alpha value is -2.24. The highest BCUT2D eigenvalue weighted by molar-refractivity contribution is 6.00. The van der Waals surface area contributed by atoms with Crippen molar-refractivity contribution in [3.63, 3.8) is 0 Å². The van der Waals surface area contributed by atoms with Crippen molar-refractivity contribution in [2.75, 3.05) is 27.3 Å². The summed E-state index contributed by atoms with van der Waals surface area (Å²) >= 11 is 0. The van der Waals surface area contributed by atoms with Gasteiger partial charge in [0, 0.05) is 13.1 Å². The minimum Gasteiger partial charge on any atom is -0.493 e. The lowest BCUT2D eigenvalue weighted by Crippen LogP contribution is -2.45. The van der Waals surface area contributed by atoms with Crippen molar-refractivity contribution in [2.24, 2.45) is 5.92 Å². The van der Waals surface area contributed by atoms with Gasteiger partial charge in [0.2, 0.25) is 11.8 Å². The van der Waals surface area contributed by atoms with E-state index in [4.69, 9.17) is 9.47 Å². The second kappa shape index (κ2) is 7.68. The third-order valence-corrected chi connectivity index (χ3v) is 3.76. The summed E-state index contributed by atoms with van der Waals surface area (Å²) in [5.74, 6) is 0.416. The van der Waals surface area contributed by atoms with Gasteiger partial charge in [0.15, 0.2) is 11.5 Å². The zero-order valence-electron chi connectivity index (χ0n) is 13.0. The van der Waals surface area contributed by atoms with E-state index in [1.165, 1.54) is 0 Å². The minimum absolute atomic E-state index is 0.171. The molecule has 1 atom stereocenters. The highest BCUT2D eigenvalue weighted by atomic mass is 16.5. The maximum atomic E-state index is 12.0. The molecule has 0 radical (unpaired) electrons. The lowest BCUT2D eigenvalue weighted by molar-refractivity contribution is -0.136. The van der Waals surface area contributed by atoms with Gasteiger partial charge in [0.1, 0.15) is 5.92 Å². The van der Waals surface area contributed by atoms with Gasteiger partial charge in [-0.05, 0) is 37.0 Å². The molecule has 0 spiro atoms. The van der Waals surface area contributed by atoms with Crippen molar-refractivity contribution < 1.29 is 19.1 Å². The van der Waals surface area contributed by atoms with Crippen LogP contribution in [-0.4, -0.2) is 39.1 Å². The van der Waals surface area contributed by atoms with Gasteiger partial charge in [-0.3, -0.25) is 9.59 Å². The van der Waals surface area contributed by atoms with E-state index in [1.54, 1.807) is 14.2 Å². The number of benzene rings is 1. The second-order valence-electron chi connectivity index (χ2n) is 5.22. The van der Waals surface area contributed by atoms with Gasteiger partial charge in [-0.2, -0.15) is 0 Å². The van der Waals surface area contributed by atoms with Gasteiger partial charge in [-0.25, -0.2) is 0 Å². The van der Waals surface area contributed by atoms with Crippen LogP contribution in [0.15, 0.2) is 18.2 Å². The fourth-order valence-corrected chi connectivity index (χ4v) is 2.51. The van der Waals surface area contributed by atoms with E-state index < -0.39 is 5.92 Å². The summed E-state index contributed by atoms with van der Waals surface area (Å²) in [6.45, 7) is 1.15. The molecule has 6 heteroatoms. The van der Waals surface area contributed by atoms with Crippen LogP contribution < -0.4 is 20.1 Å². The first kappa shape index (κ1) is 16.1. The van der Waals surface area contributed by atoms with Crippen LogP contribution in [0.25, 0.3) is 0 Å². The van der Waals surface area contributed by atoms with E-state index >= 15 is 0 Å². The summed E-state index contributed by atoms with van der Waals surface area (Å²) in [7, 11) is 3.18. The number of hydrogen-bond acceptors (Lipinski definition) is 4. The van der Waals surface area contributed by atoms with Gasteiger partial charge >= 0.3 is 0 Å². The number of ether oxygens (including phenoxy) is 2. The van der Waals surface area contributed by atoms with E-state index in [2.05, 4.69) is 10.6 Å². The van der Waals surface area contributed by atoms with Crippen molar-refractivity contribution in [3.8, 4) is 11.5 Å². The summed E-state index contributed by atoms with van der Waals surface area (Å²) < 4.78 is 10.4. The molecule has 2 amide bonds. The Morgan fingerprint density at radius 2 is 2.09 bits per heavy atom. The molecular weight excluding hydrogens is 284 g/mol. The van der Waals surface area contributed by atoms with E-state index in [1.807, 2.05) is 18.2 Å². The quantitative estimate of drug-likeness (QED) is 0.765. The summed E-state index contributed by atoms with van der Waals surface area (Å²) in [4.78, 5) is 23.6. The fourth-order valence-electron chi connectivity index (χ4n) is 2.51. The van der Waals surface area contributed by atoms with Crippen molar-refractivity contribution in [1.29, 1.82) is 0 Å². The molecule has 1 aromatic carbocycles. The molecule has 1 aliphatic heterocycles. The first-order valence-electron chi connectivity index (χ1n) is 7.42. The van der Waals surface area contributed by atoms with Crippen LogP contribution in [0.1, 0.15) is 18.4 Å². The SMILES string of the molecule is COc1ccc(CCNC(=O)[C@@H]2CCCNC2=O)cc1OC. The lowest BCUT2D eigenvalue weighted by atomic mass is 9.98. The molecule has 0 bridgehead atoms. The minimum atomic E-state index is -0.556. The highest BCUT2D eigenvalue weighted by Crippen LogP contribution is 2.27. The molecule has 1 saturated heterocycles. The second-order valence-corrected chi connectivity index (χ2v) is 5.22. The molecule has 0 saturated carbocycles. The molecular formula is C16H22N2O4. The summed E-state index contributed by atoms with van der Waals surface area (Å²) in [6, 6.07) is 5.66. The Morgan fingerprint density at radius 1 is 1.32 bits per heavy atom. The monoisotopic (exact) mass is 306 g/mol. The van der Waals surface area contributed by atoms with Crippen LogP contribution in [0.4, 0.5) is 0 Å². The van der Waals surface area contributed by atoms with Gasteiger partial charge in [-0.15, -0.1) is 0 Å². The fraction of sp³-hybridized carbons (Fsp3) is 0.500. The topological polar surface area (TPSA) is 76.7 Å². The Balaban J connectivity index is 1.85. The predicted molar refractivity (Wildman–Crippen MR) is 82.0 cm³/mol. The molecule has 2 rings (SSSR count). The standard InChI is InChI=1S/C16H22N2O4/c1-21-13-6-5-11(10-14(13)22-2)7-9-18-16(20)12-4-3-8-17-15(12)19/h5-6,10,12H,3-4,7-9H2,1-2H3,(H,17,19)(H,18,20)/t12-/m1/s1. The Kier molecular flexibility index (Phi) is 5.63. The largest absolute Gasteiger partial charge is 0.493 e. The third-order valence-electron chi connectivity index (χ3n) is 3.76. The smallest absolute Gasteiger partial charge is 0.232 e. The van der Waals surface area contributed by atoms with Crippen molar-refractivity contribution in [3.05, 3.63) is 23.8 Å². The predicted octanol–water partition coefficient (Wildman–Crippen LogP) is 0.889. The Bertz CT molecular complexity index is 545. The van der Waals surface area contributed by atoms with E-state index in [-0.39, 0.29) is 11.8 Å². The number of nitrogens with one attached hydrogen (secondary N) is 2. The first-order chi connectivity index (χ1) is 10.7. The molecule has 2 N–H and O–H groups in total.